The number of nitrogens with one attached hydrogen (secondary N) is 1. The summed E-state index contributed by atoms with van der Waals surface area (Å²) in [6.45, 7) is 2.07. The van der Waals surface area contributed by atoms with Crippen molar-refractivity contribution in [3.05, 3.63) is 95.8 Å². The molecule has 4 heteroatoms. The molecule has 0 bridgehead atoms. The summed E-state index contributed by atoms with van der Waals surface area (Å²) in [6.07, 6.45) is 3.44. The second-order valence-corrected chi connectivity index (χ2v) is 6.23. The normalized spacial score (nSPS) is 12.0. The summed E-state index contributed by atoms with van der Waals surface area (Å²) < 4.78 is 0. The van der Waals surface area contributed by atoms with Gasteiger partial charge in [0.2, 0.25) is 0 Å². The fourth-order valence-corrected chi connectivity index (χ4v) is 3.21. The highest BCUT2D eigenvalue weighted by atomic mass is 16.3. The Labute approximate surface area is 152 Å². The van der Waals surface area contributed by atoms with Gasteiger partial charge in [-0.1, -0.05) is 48.5 Å². The molecule has 0 unspecified atom stereocenters. The Morgan fingerprint density at radius 1 is 0.808 bits per heavy atom. The quantitative estimate of drug-likeness (QED) is 0.557. The van der Waals surface area contributed by atoms with Crippen LogP contribution in [0.1, 0.15) is 22.7 Å². The van der Waals surface area contributed by atoms with Gasteiger partial charge in [0.05, 0.1) is 6.04 Å². The Morgan fingerprint density at radius 3 is 2.42 bits per heavy atom. The van der Waals surface area contributed by atoms with Crippen molar-refractivity contribution < 1.29 is 5.11 Å². The number of fused-ring (bicyclic) bond motifs is 1. The molecule has 128 valence electrons. The van der Waals surface area contributed by atoms with Crippen molar-refractivity contribution in [3.63, 3.8) is 0 Å². The summed E-state index contributed by atoms with van der Waals surface area (Å²) >= 11 is 0. The largest absolute Gasteiger partial charge is 0.505 e. The molecule has 4 rings (SSSR count). The molecule has 2 heterocycles. The highest BCUT2D eigenvalue weighted by molar-refractivity contribution is 5.86. The van der Waals surface area contributed by atoms with Crippen LogP contribution < -0.4 is 5.32 Å². The van der Waals surface area contributed by atoms with Crippen LogP contribution in [-0.2, 0) is 0 Å². The van der Waals surface area contributed by atoms with Gasteiger partial charge in [-0.2, -0.15) is 0 Å². The van der Waals surface area contributed by atoms with E-state index in [9.17, 15) is 5.11 Å². The SMILES string of the molecule is Cc1ccccc1[C@H](Nc1ccccn1)c1ccc2cccnc2c1O. The number of nitrogens with zero attached hydrogens (tertiary/aromatic N) is 2. The molecule has 0 aliphatic heterocycles. The first-order valence-electron chi connectivity index (χ1n) is 8.54. The summed E-state index contributed by atoms with van der Waals surface area (Å²) in [5, 5.41) is 15.3. The second kappa shape index (κ2) is 6.84. The average Bonchev–Trinajstić information content (AvgIpc) is 2.68. The van der Waals surface area contributed by atoms with Gasteiger partial charge in [-0.15, -0.1) is 0 Å². The van der Waals surface area contributed by atoms with Crippen LogP contribution in [0.3, 0.4) is 0 Å². The van der Waals surface area contributed by atoms with E-state index in [0.29, 0.717) is 5.52 Å². The Morgan fingerprint density at radius 2 is 1.62 bits per heavy atom. The molecule has 0 radical (unpaired) electrons. The topological polar surface area (TPSA) is 58.0 Å². The molecule has 4 aromatic rings. The van der Waals surface area contributed by atoms with Crippen molar-refractivity contribution in [2.24, 2.45) is 0 Å². The van der Waals surface area contributed by atoms with Gasteiger partial charge in [0.15, 0.2) is 0 Å². The maximum absolute atomic E-state index is 10.9. The van der Waals surface area contributed by atoms with Gasteiger partial charge in [0.25, 0.3) is 0 Å². The van der Waals surface area contributed by atoms with Crippen LogP contribution in [0, 0.1) is 6.92 Å². The molecule has 2 N–H and O–H groups in total. The van der Waals surface area contributed by atoms with Crippen molar-refractivity contribution >= 4 is 16.7 Å². The molecule has 26 heavy (non-hydrogen) atoms. The number of aromatic hydroxyl groups is 1. The molecule has 0 saturated carbocycles. The summed E-state index contributed by atoms with van der Waals surface area (Å²) in [4.78, 5) is 8.74. The molecule has 0 aliphatic carbocycles. The number of hydrogen-bond acceptors (Lipinski definition) is 4. The minimum absolute atomic E-state index is 0.194. The van der Waals surface area contributed by atoms with Crippen LogP contribution in [0.5, 0.6) is 5.75 Å². The van der Waals surface area contributed by atoms with E-state index in [0.717, 1.165) is 27.9 Å². The minimum Gasteiger partial charge on any atom is -0.505 e. The van der Waals surface area contributed by atoms with Crippen LogP contribution >= 0.6 is 0 Å². The van der Waals surface area contributed by atoms with E-state index in [1.54, 1.807) is 12.4 Å². The number of hydrogen-bond donors (Lipinski definition) is 2. The van der Waals surface area contributed by atoms with E-state index in [1.807, 2.05) is 54.6 Å². The van der Waals surface area contributed by atoms with Crippen LogP contribution in [0.15, 0.2) is 79.1 Å². The lowest BCUT2D eigenvalue weighted by Crippen LogP contribution is -2.14. The number of aromatic nitrogens is 2. The van der Waals surface area contributed by atoms with Crippen LogP contribution in [0.25, 0.3) is 10.9 Å². The van der Waals surface area contributed by atoms with Gasteiger partial charge >= 0.3 is 0 Å². The molecule has 0 saturated heterocycles. The fraction of sp³-hybridized carbons (Fsp3) is 0.0909. The van der Waals surface area contributed by atoms with Crippen molar-refractivity contribution in [1.29, 1.82) is 0 Å². The van der Waals surface area contributed by atoms with Crippen molar-refractivity contribution in [1.82, 2.24) is 9.97 Å². The van der Waals surface area contributed by atoms with E-state index in [4.69, 9.17) is 0 Å². The standard InChI is InChI=1S/C22H19N3O/c1-15-7-2-3-9-17(15)21(25-19-10-4-5-13-23-19)18-12-11-16-8-6-14-24-20(16)22(18)26/h2-14,21,26H,1H3,(H,23,25)/t21-/m0/s1. The number of phenolic OH excluding ortho intramolecular Hbond substituents is 1. The van der Waals surface area contributed by atoms with Gasteiger partial charge in [-0.25, -0.2) is 4.98 Å². The Bertz CT molecular complexity index is 1050. The molecule has 0 aliphatic rings. The van der Waals surface area contributed by atoms with Crippen LogP contribution in [-0.4, -0.2) is 15.1 Å². The van der Waals surface area contributed by atoms with Crippen molar-refractivity contribution in [2.45, 2.75) is 13.0 Å². The predicted molar refractivity (Wildman–Crippen MR) is 104 cm³/mol. The molecule has 2 aromatic heterocycles. The molecular formula is C22H19N3O. The van der Waals surface area contributed by atoms with E-state index in [2.05, 4.69) is 34.3 Å². The van der Waals surface area contributed by atoms with Crippen LogP contribution in [0.2, 0.25) is 0 Å². The summed E-state index contributed by atoms with van der Waals surface area (Å²) in [5.41, 5.74) is 3.60. The molecule has 0 fully saturated rings. The van der Waals surface area contributed by atoms with Crippen LogP contribution in [0.4, 0.5) is 5.82 Å². The Balaban J connectivity index is 1.88. The zero-order valence-corrected chi connectivity index (χ0v) is 14.4. The second-order valence-electron chi connectivity index (χ2n) is 6.23. The number of benzene rings is 2. The zero-order chi connectivity index (χ0) is 17.9. The first-order valence-corrected chi connectivity index (χ1v) is 8.54. The fourth-order valence-electron chi connectivity index (χ4n) is 3.21. The maximum Gasteiger partial charge on any atom is 0.147 e. The third-order valence-electron chi connectivity index (χ3n) is 4.55. The lowest BCUT2D eigenvalue weighted by atomic mass is 9.93. The maximum atomic E-state index is 10.9. The van der Waals surface area contributed by atoms with Crippen molar-refractivity contribution in [3.8, 4) is 5.75 Å². The summed E-state index contributed by atoms with van der Waals surface area (Å²) in [5.74, 6) is 0.945. The highest BCUT2D eigenvalue weighted by Gasteiger charge is 2.21. The predicted octanol–water partition coefficient (Wildman–Crippen LogP) is 4.85. The first-order chi connectivity index (χ1) is 12.7. The monoisotopic (exact) mass is 341 g/mol. The molecule has 2 aromatic carbocycles. The molecule has 0 spiro atoms. The van der Waals surface area contributed by atoms with E-state index >= 15 is 0 Å². The first kappa shape index (κ1) is 16.1. The van der Waals surface area contributed by atoms with Gasteiger partial charge in [-0.05, 0) is 36.2 Å². The van der Waals surface area contributed by atoms with E-state index < -0.39 is 0 Å². The van der Waals surface area contributed by atoms with Gasteiger partial charge < -0.3 is 10.4 Å². The number of rotatable bonds is 4. The van der Waals surface area contributed by atoms with Gasteiger partial charge in [0, 0.05) is 23.3 Å². The van der Waals surface area contributed by atoms with Gasteiger partial charge in [-0.3, -0.25) is 4.98 Å². The summed E-state index contributed by atoms with van der Waals surface area (Å²) in [6, 6.07) is 21.4. The van der Waals surface area contributed by atoms with E-state index in [-0.39, 0.29) is 11.8 Å². The zero-order valence-electron chi connectivity index (χ0n) is 14.4. The van der Waals surface area contributed by atoms with Gasteiger partial charge in [0.1, 0.15) is 17.1 Å². The molecule has 4 nitrogen and oxygen atoms in total. The van der Waals surface area contributed by atoms with E-state index in [1.165, 1.54) is 0 Å². The number of aryl methyl sites for hydroxylation is 1. The average molecular weight is 341 g/mol. The van der Waals surface area contributed by atoms with Crippen molar-refractivity contribution in [2.75, 3.05) is 5.32 Å². The summed E-state index contributed by atoms with van der Waals surface area (Å²) in [7, 11) is 0. The third-order valence-corrected chi connectivity index (χ3v) is 4.55. The Hall–Kier alpha value is -3.40. The number of pyridine rings is 2. The third kappa shape index (κ3) is 2.97. The number of phenols is 1. The molecule has 1 atom stereocenters. The molecular weight excluding hydrogens is 322 g/mol. The lowest BCUT2D eigenvalue weighted by molar-refractivity contribution is 0.471. The Kier molecular flexibility index (Phi) is 4.23. The smallest absolute Gasteiger partial charge is 0.147 e. The molecule has 0 amide bonds. The highest BCUT2D eigenvalue weighted by Crippen LogP contribution is 2.37. The minimum atomic E-state index is -0.238. The number of anilines is 1. The lowest BCUT2D eigenvalue weighted by Gasteiger charge is -2.23.